The van der Waals surface area contributed by atoms with Crippen LogP contribution in [-0.2, 0) is 9.59 Å². The molecule has 0 radical (unpaired) electrons. The molecular weight excluding hydrogens is 462 g/mol. The molecule has 3 aromatic carbocycles. The van der Waals surface area contributed by atoms with Crippen LogP contribution >= 0.6 is 0 Å². The first kappa shape index (κ1) is 26.1. The van der Waals surface area contributed by atoms with Crippen LogP contribution in [0, 0.1) is 0 Å². The second-order valence-corrected chi connectivity index (χ2v) is 9.39. The van der Waals surface area contributed by atoms with Crippen LogP contribution < -0.4 is 16.4 Å². The Morgan fingerprint density at radius 2 is 1.59 bits per heavy atom. The number of amides is 2. The SMILES string of the molecule is CN(CCCNC(=O)CCC(N)=O)CCCNc1cc(-c2ccc3ccccc3c2)nc2ccccc12. The number of aromatic nitrogens is 1. The highest BCUT2D eigenvalue weighted by Gasteiger charge is 2.09. The average molecular weight is 498 g/mol. The van der Waals surface area contributed by atoms with E-state index in [-0.39, 0.29) is 18.7 Å². The van der Waals surface area contributed by atoms with Gasteiger partial charge in [0.15, 0.2) is 0 Å². The van der Waals surface area contributed by atoms with Crippen LogP contribution in [-0.4, -0.2) is 54.9 Å². The van der Waals surface area contributed by atoms with Crippen LogP contribution in [0.5, 0.6) is 0 Å². The van der Waals surface area contributed by atoms with E-state index in [4.69, 9.17) is 10.7 Å². The summed E-state index contributed by atoms with van der Waals surface area (Å²) in [5.41, 5.74) is 9.21. The molecule has 4 rings (SSSR count). The fourth-order valence-corrected chi connectivity index (χ4v) is 4.40. The van der Waals surface area contributed by atoms with Gasteiger partial charge < -0.3 is 21.3 Å². The quantitative estimate of drug-likeness (QED) is 0.235. The van der Waals surface area contributed by atoms with Gasteiger partial charge in [-0.1, -0.05) is 54.6 Å². The number of para-hydroxylation sites is 1. The fraction of sp³-hybridized carbons (Fsp3) is 0.300. The highest BCUT2D eigenvalue weighted by atomic mass is 16.2. The van der Waals surface area contributed by atoms with Gasteiger partial charge in [-0.15, -0.1) is 0 Å². The summed E-state index contributed by atoms with van der Waals surface area (Å²) in [6.07, 6.45) is 2.10. The third-order valence-electron chi connectivity index (χ3n) is 6.43. The first-order chi connectivity index (χ1) is 18.0. The fourth-order valence-electron chi connectivity index (χ4n) is 4.40. The van der Waals surface area contributed by atoms with E-state index in [9.17, 15) is 9.59 Å². The zero-order valence-electron chi connectivity index (χ0n) is 21.4. The number of hydrogen-bond acceptors (Lipinski definition) is 5. The van der Waals surface area contributed by atoms with E-state index in [1.54, 1.807) is 0 Å². The Morgan fingerprint density at radius 3 is 2.41 bits per heavy atom. The summed E-state index contributed by atoms with van der Waals surface area (Å²) in [6, 6.07) is 25.3. The number of carbonyl (C=O) groups is 2. The summed E-state index contributed by atoms with van der Waals surface area (Å²) in [5.74, 6) is -0.577. The molecule has 0 aliphatic heterocycles. The maximum atomic E-state index is 11.7. The second-order valence-electron chi connectivity index (χ2n) is 9.39. The largest absolute Gasteiger partial charge is 0.384 e. The first-order valence-corrected chi connectivity index (χ1v) is 12.9. The van der Waals surface area contributed by atoms with Crippen molar-refractivity contribution in [3.63, 3.8) is 0 Å². The predicted octanol–water partition coefficient (Wildman–Crippen LogP) is 4.56. The lowest BCUT2D eigenvalue weighted by Gasteiger charge is -2.17. The van der Waals surface area contributed by atoms with Gasteiger partial charge in [0.1, 0.15) is 0 Å². The monoisotopic (exact) mass is 497 g/mol. The molecule has 192 valence electrons. The molecule has 0 unspecified atom stereocenters. The van der Waals surface area contributed by atoms with Crippen molar-refractivity contribution < 1.29 is 9.59 Å². The molecule has 0 saturated heterocycles. The van der Waals surface area contributed by atoms with Gasteiger partial charge in [-0.25, -0.2) is 4.98 Å². The van der Waals surface area contributed by atoms with Crippen LogP contribution in [0.2, 0.25) is 0 Å². The van der Waals surface area contributed by atoms with Crippen molar-refractivity contribution in [2.24, 2.45) is 5.73 Å². The Bertz CT molecular complexity index is 1370. The smallest absolute Gasteiger partial charge is 0.220 e. The van der Waals surface area contributed by atoms with Crippen LogP contribution in [0.4, 0.5) is 5.69 Å². The Hall–Kier alpha value is -3.97. The minimum absolute atomic E-state index is 0.0925. The van der Waals surface area contributed by atoms with Gasteiger partial charge in [-0.2, -0.15) is 0 Å². The third kappa shape index (κ3) is 7.51. The number of carbonyl (C=O) groups excluding carboxylic acids is 2. The highest BCUT2D eigenvalue weighted by Crippen LogP contribution is 2.30. The molecule has 4 aromatic rings. The number of nitrogens with two attached hydrogens (primary N) is 1. The van der Waals surface area contributed by atoms with Gasteiger partial charge in [0, 0.05) is 42.6 Å². The molecule has 0 aliphatic carbocycles. The molecule has 0 aliphatic rings. The number of pyridine rings is 1. The molecule has 7 nitrogen and oxygen atoms in total. The first-order valence-electron chi connectivity index (χ1n) is 12.9. The summed E-state index contributed by atoms with van der Waals surface area (Å²) in [6.45, 7) is 3.28. The van der Waals surface area contributed by atoms with E-state index < -0.39 is 5.91 Å². The maximum absolute atomic E-state index is 11.7. The zero-order chi connectivity index (χ0) is 26.0. The van der Waals surface area contributed by atoms with E-state index in [1.165, 1.54) is 10.8 Å². The molecule has 7 heteroatoms. The van der Waals surface area contributed by atoms with E-state index in [0.29, 0.717) is 6.54 Å². The van der Waals surface area contributed by atoms with E-state index in [1.807, 2.05) is 12.1 Å². The number of anilines is 1. The average Bonchev–Trinajstić information content (AvgIpc) is 2.91. The molecule has 4 N–H and O–H groups in total. The molecule has 0 spiro atoms. The van der Waals surface area contributed by atoms with Gasteiger partial charge in [-0.05, 0) is 62.0 Å². The molecule has 2 amide bonds. The van der Waals surface area contributed by atoms with Crippen molar-refractivity contribution in [2.45, 2.75) is 25.7 Å². The van der Waals surface area contributed by atoms with Crippen molar-refractivity contribution in [3.8, 4) is 11.3 Å². The minimum Gasteiger partial charge on any atom is -0.384 e. The molecular formula is C30H35N5O2. The molecule has 1 aromatic heterocycles. The van der Waals surface area contributed by atoms with Crippen LogP contribution in [0.1, 0.15) is 25.7 Å². The van der Waals surface area contributed by atoms with E-state index in [2.05, 4.69) is 83.2 Å². The van der Waals surface area contributed by atoms with Gasteiger partial charge in [0.05, 0.1) is 11.2 Å². The third-order valence-corrected chi connectivity index (χ3v) is 6.43. The zero-order valence-corrected chi connectivity index (χ0v) is 21.4. The summed E-state index contributed by atoms with van der Waals surface area (Å²) >= 11 is 0. The van der Waals surface area contributed by atoms with Gasteiger partial charge in [0.2, 0.25) is 11.8 Å². The normalized spacial score (nSPS) is 11.2. The molecule has 0 atom stereocenters. The Labute approximate surface area is 218 Å². The lowest BCUT2D eigenvalue weighted by atomic mass is 10.0. The predicted molar refractivity (Wildman–Crippen MR) is 151 cm³/mol. The molecule has 0 bridgehead atoms. The number of rotatable bonds is 13. The Kier molecular flexibility index (Phi) is 9.05. The standard InChI is InChI=1S/C30H35N5O2/c1-35(19-7-17-33-30(37)15-14-29(31)36)18-6-16-32-28-21-27(34-26-11-5-4-10-25(26)28)24-13-12-22-8-2-3-9-23(22)20-24/h2-5,8-13,20-21H,6-7,14-19H2,1H3,(H2,31,36)(H,32,34)(H,33,37). The lowest BCUT2D eigenvalue weighted by molar-refractivity contribution is -0.125. The van der Waals surface area contributed by atoms with Crippen LogP contribution in [0.25, 0.3) is 32.9 Å². The summed E-state index contributed by atoms with van der Waals surface area (Å²) in [7, 11) is 2.09. The van der Waals surface area contributed by atoms with Crippen LogP contribution in [0.15, 0.2) is 72.8 Å². The minimum atomic E-state index is -0.451. The number of nitrogens with one attached hydrogen (secondary N) is 2. The molecule has 0 saturated carbocycles. The molecule has 37 heavy (non-hydrogen) atoms. The lowest BCUT2D eigenvalue weighted by Crippen LogP contribution is -2.29. The van der Waals surface area contributed by atoms with Gasteiger partial charge in [0.25, 0.3) is 0 Å². The van der Waals surface area contributed by atoms with Gasteiger partial charge in [-0.3, -0.25) is 9.59 Å². The van der Waals surface area contributed by atoms with Crippen molar-refractivity contribution in [2.75, 3.05) is 38.5 Å². The van der Waals surface area contributed by atoms with Crippen molar-refractivity contribution in [1.82, 2.24) is 15.2 Å². The number of primary amides is 1. The van der Waals surface area contributed by atoms with E-state index >= 15 is 0 Å². The summed E-state index contributed by atoms with van der Waals surface area (Å²) in [4.78, 5) is 29.6. The van der Waals surface area contributed by atoms with Crippen LogP contribution in [0.3, 0.4) is 0 Å². The van der Waals surface area contributed by atoms with Crippen molar-refractivity contribution in [1.29, 1.82) is 0 Å². The van der Waals surface area contributed by atoms with Gasteiger partial charge >= 0.3 is 0 Å². The second kappa shape index (κ2) is 12.8. The molecule has 1 heterocycles. The van der Waals surface area contributed by atoms with Crippen molar-refractivity contribution >= 4 is 39.2 Å². The van der Waals surface area contributed by atoms with Crippen molar-refractivity contribution in [3.05, 3.63) is 72.8 Å². The number of hydrogen-bond donors (Lipinski definition) is 3. The summed E-state index contributed by atoms with van der Waals surface area (Å²) < 4.78 is 0. The van der Waals surface area contributed by atoms with E-state index in [0.717, 1.165) is 60.3 Å². The topological polar surface area (TPSA) is 100 Å². The number of benzene rings is 3. The Balaban J connectivity index is 1.30. The number of nitrogens with zero attached hydrogens (tertiary/aromatic N) is 2. The summed E-state index contributed by atoms with van der Waals surface area (Å²) in [5, 5.41) is 10.0. The maximum Gasteiger partial charge on any atom is 0.220 e. The highest BCUT2D eigenvalue weighted by molar-refractivity contribution is 5.95. The Morgan fingerprint density at radius 1 is 0.865 bits per heavy atom. The number of fused-ring (bicyclic) bond motifs is 2. The molecule has 0 fully saturated rings.